The first-order valence-corrected chi connectivity index (χ1v) is 10.7. The van der Waals surface area contributed by atoms with Crippen LogP contribution in [0.2, 0.25) is 0 Å². The number of benzene rings is 1. The summed E-state index contributed by atoms with van der Waals surface area (Å²) in [6.45, 7) is 5.57. The number of anilines is 1. The van der Waals surface area contributed by atoms with Gasteiger partial charge in [0.1, 0.15) is 17.7 Å². The first-order chi connectivity index (χ1) is 15.5. The summed E-state index contributed by atoms with van der Waals surface area (Å²) in [4.78, 5) is 29.2. The van der Waals surface area contributed by atoms with Crippen molar-refractivity contribution in [3.05, 3.63) is 48.5 Å². The van der Waals surface area contributed by atoms with E-state index in [-0.39, 0.29) is 41.8 Å². The Morgan fingerprint density at radius 3 is 2.58 bits per heavy atom. The maximum atomic E-state index is 13.3. The molecule has 2 aromatic rings. The largest absolute Gasteiger partial charge is 0.489 e. The van der Waals surface area contributed by atoms with Crippen molar-refractivity contribution < 1.29 is 13.9 Å². The molecular formula is C22H31FIN7O2. The Balaban J connectivity index is 0.00000385. The number of ether oxygens (including phenoxy) is 1. The van der Waals surface area contributed by atoms with Crippen LogP contribution in [0.25, 0.3) is 0 Å². The van der Waals surface area contributed by atoms with Crippen molar-refractivity contribution in [1.29, 1.82) is 0 Å². The summed E-state index contributed by atoms with van der Waals surface area (Å²) in [5.74, 6) is 1.53. The lowest BCUT2D eigenvalue weighted by atomic mass is 10.3. The van der Waals surface area contributed by atoms with Crippen molar-refractivity contribution in [2.24, 2.45) is 4.99 Å². The molecule has 0 saturated carbocycles. The molecule has 0 aliphatic carbocycles. The molecule has 3 rings (SSSR count). The van der Waals surface area contributed by atoms with Crippen LogP contribution in [0, 0.1) is 5.82 Å². The van der Waals surface area contributed by atoms with E-state index in [4.69, 9.17) is 4.74 Å². The first-order valence-electron chi connectivity index (χ1n) is 10.7. The molecule has 1 aromatic heterocycles. The van der Waals surface area contributed by atoms with E-state index in [1.54, 1.807) is 37.6 Å². The van der Waals surface area contributed by atoms with Crippen LogP contribution in [0.4, 0.5) is 10.3 Å². The molecule has 1 atom stereocenters. The number of carbonyl (C=O) groups is 1. The second-order valence-electron chi connectivity index (χ2n) is 7.43. The molecule has 0 spiro atoms. The van der Waals surface area contributed by atoms with Gasteiger partial charge in [0, 0.05) is 64.7 Å². The number of carbonyl (C=O) groups excluding carboxylic acids is 1. The predicted molar refractivity (Wildman–Crippen MR) is 137 cm³/mol. The van der Waals surface area contributed by atoms with Gasteiger partial charge in [-0.2, -0.15) is 0 Å². The number of amides is 1. The zero-order valence-electron chi connectivity index (χ0n) is 18.9. The highest BCUT2D eigenvalue weighted by molar-refractivity contribution is 14.0. The number of halogens is 2. The van der Waals surface area contributed by atoms with Gasteiger partial charge < -0.3 is 25.2 Å². The number of nitrogens with one attached hydrogen (secondary N) is 2. The fourth-order valence-corrected chi connectivity index (χ4v) is 3.33. The van der Waals surface area contributed by atoms with Gasteiger partial charge >= 0.3 is 0 Å². The molecule has 9 nitrogen and oxygen atoms in total. The Kier molecular flexibility index (Phi) is 11.1. The number of rotatable bonds is 8. The molecule has 1 amide bonds. The van der Waals surface area contributed by atoms with Gasteiger partial charge in [-0.15, -0.1) is 24.0 Å². The topological polar surface area (TPSA) is 95.0 Å². The van der Waals surface area contributed by atoms with E-state index in [9.17, 15) is 9.18 Å². The molecule has 1 aliphatic heterocycles. The van der Waals surface area contributed by atoms with Crippen LogP contribution in [-0.4, -0.2) is 79.2 Å². The number of aliphatic imine (C=N–C) groups is 1. The van der Waals surface area contributed by atoms with Gasteiger partial charge in [0.25, 0.3) is 0 Å². The molecule has 1 aliphatic rings. The monoisotopic (exact) mass is 571 g/mol. The average Bonchev–Trinajstić information content (AvgIpc) is 2.82. The molecule has 2 heterocycles. The second-order valence-corrected chi connectivity index (χ2v) is 7.43. The summed E-state index contributed by atoms with van der Waals surface area (Å²) >= 11 is 0. The summed E-state index contributed by atoms with van der Waals surface area (Å²) in [6, 6.07) is 7.84. The van der Waals surface area contributed by atoms with Crippen LogP contribution in [0.3, 0.4) is 0 Å². The average molecular weight is 571 g/mol. The van der Waals surface area contributed by atoms with E-state index in [0.717, 1.165) is 13.1 Å². The van der Waals surface area contributed by atoms with Crippen molar-refractivity contribution >= 4 is 41.8 Å². The van der Waals surface area contributed by atoms with Gasteiger partial charge in [0.05, 0.1) is 6.54 Å². The maximum absolute atomic E-state index is 13.3. The zero-order chi connectivity index (χ0) is 22.8. The molecule has 0 bridgehead atoms. The molecule has 1 unspecified atom stereocenters. The molecule has 2 N–H and O–H groups in total. The number of guanidine groups is 1. The van der Waals surface area contributed by atoms with Crippen LogP contribution in [0.1, 0.15) is 13.3 Å². The Labute approximate surface area is 210 Å². The third-order valence-electron chi connectivity index (χ3n) is 5.01. The van der Waals surface area contributed by atoms with Crippen LogP contribution < -0.4 is 20.3 Å². The minimum absolute atomic E-state index is 0. The van der Waals surface area contributed by atoms with E-state index in [1.807, 2.05) is 11.8 Å². The van der Waals surface area contributed by atoms with Crippen molar-refractivity contribution in [3.8, 4) is 5.75 Å². The molecule has 1 saturated heterocycles. The third kappa shape index (κ3) is 8.63. The van der Waals surface area contributed by atoms with E-state index in [0.29, 0.717) is 50.3 Å². The minimum atomic E-state index is -0.334. The first kappa shape index (κ1) is 26.6. The highest BCUT2D eigenvalue weighted by Crippen LogP contribution is 2.13. The molecule has 0 radical (unpaired) electrons. The van der Waals surface area contributed by atoms with E-state index in [1.165, 1.54) is 12.1 Å². The zero-order valence-corrected chi connectivity index (χ0v) is 21.2. The standard InChI is InChI=1S/C22H30FN7O2.HI/c1-17(32-19-6-3-5-18(23)15-19)16-28-21(24-2)25-10-7-20(31)29-11-13-30(14-12-29)22-26-8-4-9-27-22;/h3-6,8-9,15,17H,7,10-14,16H2,1-2H3,(H2,24,25,28);1H. The third-order valence-corrected chi connectivity index (χ3v) is 5.01. The van der Waals surface area contributed by atoms with Crippen molar-refractivity contribution in [2.45, 2.75) is 19.4 Å². The number of aromatic nitrogens is 2. The summed E-state index contributed by atoms with van der Waals surface area (Å²) in [7, 11) is 1.67. The van der Waals surface area contributed by atoms with Crippen LogP contribution >= 0.6 is 24.0 Å². The number of nitrogens with zero attached hydrogens (tertiary/aromatic N) is 5. The Morgan fingerprint density at radius 2 is 1.91 bits per heavy atom. The quantitative estimate of drug-likeness (QED) is 0.284. The summed E-state index contributed by atoms with van der Waals surface area (Å²) in [6.07, 6.45) is 3.63. The normalized spacial score (nSPS) is 14.8. The van der Waals surface area contributed by atoms with Crippen LogP contribution in [0.15, 0.2) is 47.7 Å². The molecule has 1 aromatic carbocycles. The second kappa shape index (κ2) is 13.8. The van der Waals surface area contributed by atoms with E-state index in [2.05, 4.69) is 30.5 Å². The number of hydrogen-bond donors (Lipinski definition) is 2. The van der Waals surface area contributed by atoms with Gasteiger partial charge in [-0.1, -0.05) is 6.07 Å². The SMILES string of the molecule is CN=C(NCCC(=O)N1CCN(c2ncccn2)CC1)NCC(C)Oc1cccc(F)c1.I. The van der Waals surface area contributed by atoms with Crippen LogP contribution in [-0.2, 0) is 4.79 Å². The summed E-state index contributed by atoms with van der Waals surface area (Å²) in [5.41, 5.74) is 0. The summed E-state index contributed by atoms with van der Waals surface area (Å²) in [5, 5.41) is 6.30. The van der Waals surface area contributed by atoms with E-state index >= 15 is 0 Å². The summed E-state index contributed by atoms with van der Waals surface area (Å²) < 4.78 is 19.0. The van der Waals surface area contributed by atoms with E-state index < -0.39 is 0 Å². The van der Waals surface area contributed by atoms with Gasteiger partial charge in [-0.05, 0) is 25.1 Å². The van der Waals surface area contributed by atoms with Crippen molar-refractivity contribution in [3.63, 3.8) is 0 Å². The number of piperazine rings is 1. The smallest absolute Gasteiger partial charge is 0.225 e. The predicted octanol–water partition coefficient (Wildman–Crippen LogP) is 1.90. The molecule has 180 valence electrons. The highest BCUT2D eigenvalue weighted by atomic mass is 127. The lowest BCUT2D eigenvalue weighted by Crippen LogP contribution is -2.50. The van der Waals surface area contributed by atoms with Crippen molar-refractivity contribution in [2.75, 3.05) is 51.2 Å². The van der Waals surface area contributed by atoms with Crippen LogP contribution in [0.5, 0.6) is 5.75 Å². The Hall–Kier alpha value is -2.70. The number of hydrogen-bond acceptors (Lipinski definition) is 6. The van der Waals surface area contributed by atoms with Gasteiger partial charge in [-0.25, -0.2) is 14.4 Å². The fraction of sp³-hybridized carbons (Fsp3) is 0.455. The highest BCUT2D eigenvalue weighted by Gasteiger charge is 2.22. The van der Waals surface area contributed by atoms with Crippen molar-refractivity contribution in [1.82, 2.24) is 25.5 Å². The van der Waals surface area contributed by atoms with Gasteiger partial charge in [0.2, 0.25) is 11.9 Å². The molecule has 1 fully saturated rings. The lowest BCUT2D eigenvalue weighted by Gasteiger charge is -2.34. The molecule has 11 heteroatoms. The fourth-order valence-electron chi connectivity index (χ4n) is 3.33. The Bertz CT molecular complexity index is 895. The minimum Gasteiger partial charge on any atom is -0.489 e. The molecule has 33 heavy (non-hydrogen) atoms. The Morgan fingerprint density at radius 1 is 1.18 bits per heavy atom. The maximum Gasteiger partial charge on any atom is 0.225 e. The van der Waals surface area contributed by atoms with Gasteiger partial charge in [-0.3, -0.25) is 9.79 Å². The van der Waals surface area contributed by atoms with Gasteiger partial charge in [0.15, 0.2) is 5.96 Å². The lowest BCUT2D eigenvalue weighted by molar-refractivity contribution is -0.131. The molecular weight excluding hydrogens is 540 g/mol.